The SMILES string of the molecule is Cn1cc(-c2ncccc2CNC(=O)Cc2ccc(F)cc2)cn1. The van der Waals surface area contributed by atoms with Gasteiger partial charge >= 0.3 is 0 Å². The van der Waals surface area contributed by atoms with Crippen LogP contribution in [0.3, 0.4) is 0 Å². The number of hydrogen-bond donors (Lipinski definition) is 1. The first-order valence-electron chi connectivity index (χ1n) is 7.56. The molecule has 2 aromatic heterocycles. The second-order valence-electron chi connectivity index (χ2n) is 5.49. The number of carbonyl (C=O) groups excluding carboxylic acids is 1. The Labute approximate surface area is 139 Å². The number of pyridine rings is 1. The number of nitrogens with one attached hydrogen (secondary N) is 1. The maximum atomic E-state index is 12.9. The molecule has 0 fully saturated rings. The van der Waals surface area contributed by atoms with Crippen LogP contribution in [0.4, 0.5) is 4.39 Å². The van der Waals surface area contributed by atoms with Crippen molar-refractivity contribution in [3.8, 4) is 11.3 Å². The fraction of sp³-hybridized carbons (Fsp3) is 0.167. The summed E-state index contributed by atoms with van der Waals surface area (Å²) in [6.45, 7) is 0.373. The highest BCUT2D eigenvalue weighted by molar-refractivity contribution is 5.78. The molecule has 2 heterocycles. The maximum absolute atomic E-state index is 12.9. The van der Waals surface area contributed by atoms with E-state index in [1.807, 2.05) is 25.4 Å². The highest BCUT2D eigenvalue weighted by Crippen LogP contribution is 2.20. The van der Waals surface area contributed by atoms with E-state index in [0.29, 0.717) is 6.54 Å². The second kappa shape index (κ2) is 7.04. The van der Waals surface area contributed by atoms with Crippen molar-refractivity contribution >= 4 is 5.91 Å². The van der Waals surface area contributed by atoms with Crippen molar-refractivity contribution in [1.82, 2.24) is 20.1 Å². The van der Waals surface area contributed by atoms with Crippen molar-refractivity contribution in [2.45, 2.75) is 13.0 Å². The van der Waals surface area contributed by atoms with Gasteiger partial charge in [0, 0.05) is 31.5 Å². The van der Waals surface area contributed by atoms with Crippen molar-refractivity contribution in [3.05, 3.63) is 71.9 Å². The summed E-state index contributed by atoms with van der Waals surface area (Å²) < 4.78 is 14.6. The van der Waals surface area contributed by atoms with Crippen molar-refractivity contribution in [3.63, 3.8) is 0 Å². The zero-order chi connectivity index (χ0) is 16.9. The maximum Gasteiger partial charge on any atom is 0.224 e. The lowest BCUT2D eigenvalue weighted by Crippen LogP contribution is -2.25. The molecule has 122 valence electrons. The largest absolute Gasteiger partial charge is 0.352 e. The number of halogens is 1. The van der Waals surface area contributed by atoms with Crippen molar-refractivity contribution in [2.24, 2.45) is 7.05 Å². The summed E-state index contributed by atoms with van der Waals surface area (Å²) in [4.78, 5) is 16.5. The van der Waals surface area contributed by atoms with E-state index in [1.165, 1.54) is 12.1 Å². The Morgan fingerprint density at radius 2 is 2.04 bits per heavy atom. The van der Waals surface area contributed by atoms with Gasteiger partial charge in [0.1, 0.15) is 5.82 Å². The average Bonchev–Trinajstić information content (AvgIpc) is 3.02. The molecule has 0 aliphatic carbocycles. The third-order valence-corrected chi connectivity index (χ3v) is 3.62. The van der Waals surface area contributed by atoms with Gasteiger partial charge in [-0.15, -0.1) is 0 Å². The molecule has 1 aromatic carbocycles. The quantitative estimate of drug-likeness (QED) is 0.784. The molecule has 0 radical (unpaired) electrons. The Kier molecular flexibility index (Phi) is 4.65. The van der Waals surface area contributed by atoms with Gasteiger partial charge in [-0.2, -0.15) is 5.10 Å². The molecule has 1 amide bonds. The molecule has 5 nitrogen and oxygen atoms in total. The normalized spacial score (nSPS) is 10.6. The standard InChI is InChI=1S/C18H17FN4O/c1-23-12-15(11-22-23)18-14(3-2-8-20-18)10-21-17(24)9-13-4-6-16(19)7-5-13/h2-8,11-12H,9-10H2,1H3,(H,21,24). The molecule has 0 aliphatic rings. The van der Waals surface area contributed by atoms with Gasteiger partial charge in [0.25, 0.3) is 0 Å². The molecule has 3 rings (SSSR count). The summed E-state index contributed by atoms with van der Waals surface area (Å²) in [5, 5.41) is 7.03. The first-order valence-corrected chi connectivity index (χ1v) is 7.56. The first kappa shape index (κ1) is 15.9. The molecule has 1 N–H and O–H groups in total. The van der Waals surface area contributed by atoms with Crippen LogP contribution in [-0.2, 0) is 24.8 Å². The van der Waals surface area contributed by atoms with Gasteiger partial charge in [0.2, 0.25) is 5.91 Å². The van der Waals surface area contributed by atoms with Gasteiger partial charge in [-0.3, -0.25) is 14.5 Å². The van der Waals surface area contributed by atoms with Gasteiger partial charge in [0.15, 0.2) is 0 Å². The van der Waals surface area contributed by atoms with Crippen LogP contribution in [0.5, 0.6) is 0 Å². The smallest absolute Gasteiger partial charge is 0.224 e. The number of nitrogens with zero attached hydrogens (tertiary/aromatic N) is 3. The number of hydrogen-bond acceptors (Lipinski definition) is 3. The van der Waals surface area contributed by atoms with E-state index >= 15 is 0 Å². The number of aryl methyl sites for hydroxylation is 1. The van der Waals surface area contributed by atoms with E-state index in [1.54, 1.807) is 29.2 Å². The molecule has 0 bridgehead atoms. The van der Waals surface area contributed by atoms with Crippen LogP contribution in [0.25, 0.3) is 11.3 Å². The van der Waals surface area contributed by atoms with Crippen LogP contribution in [0, 0.1) is 5.82 Å². The minimum atomic E-state index is -0.310. The average molecular weight is 324 g/mol. The van der Waals surface area contributed by atoms with E-state index in [9.17, 15) is 9.18 Å². The summed E-state index contributed by atoms with van der Waals surface area (Å²) in [5.41, 5.74) is 3.39. The minimum Gasteiger partial charge on any atom is -0.352 e. The summed E-state index contributed by atoms with van der Waals surface area (Å²) in [5.74, 6) is -0.432. The van der Waals surface area contributed by atoms with Crippen LogP contribution >= 0.6 is 0 Å². The van der Waals surface area contributed by atoms with Crippen molar-refractivity contribution in [1.29, 1.82) is 0 Å². The number of amides is 1. The van der Waals surface area contributed by atoms with Crippen LogP contribution in [0.15, 0.2) is 55.0 Å². The molecule has 0 atom stereocenters. The molecule has 0 unspecified atom stereocenters. The lowest BCUT2D eigenvalue weighted by Gasteiger charge is -2.09. The predicted octanol–water partition coefficient (Wildman–Crippen LogP) is 2.48. The summed E-state index contributed by atoms with van der Waals surface area (Å²) in [6.07, 6.45) is 5.55. The first-order chi connectivity index (χ1) is 11.6. The zero-order valence-corrected chi connectivity index (χ0v) is 13.2. The summed E-state index contributed by atoms with van der Waals surface area (Å²) in [6, 6.07) is 9.68. The van der Waals surface area contributed by atoms with Crippen molar-refractivity contribution in [2.75, 3.05) is 0 Å². The third kappa shape index (κ3) is 3.84. The summed E-state index contributed by atoms with van der Waals surface area (Å²) >= 11 is 0. The molecule has 0 aliphatic heterocycles. The number of carbonyl (C=O) groups is 1. The van der Waals surface area contributed by atoms with Crippen LogP contribution in [0.2, 0.25) is 0 Å². The Morgan fingerprint density at radius 3 is 2.75 bits per heavy atom. The molecule has 0 saturated heterocycles. The Balaban J connectivity index is 1.66. The van der Waals surface area contributed by atoms with Gasteiger partial charge in [-0.1, -0.05) is 18.2 Å². The number of rotatable bonds is 5. The molecule has 0 saturated carbocycles. The van der Waals surface area contributed by atoms with Crippen molar-refractivity contribution < 1.29 is 9.18 Å². The van der Waals surface area contributed by atoms with E-state index in [4.69, 9.17) is 0 Å². The van der Waals surface area contributed by atoms with Gasteiger partial charge < -0.3 is 5.32 Å². The molecule has 0 spiro atoms. The lowest BCUT2D eigenvalue weighted by molar-refractivity contribution is -0.120. The zero-order valence-electron chi connectivity index (χ0n) is 13.2. The van der Waals surface area contributed by atoms with Crippen LogP contribution in [-0.4, -0.2) is 20.7 Å². The van der Waals surface area contributed by atoms with E-state index in [0.717, 1.165) is 22.4 Å². The molecular formula is C18H17FN4O. The summed E-state index contributed by atoms with van der Waals surface area (Å²) in [7, 11) is 1.84. The van der Waals surface area contributed by atoms with E-state index in [-0.39, 0.29) is 18.1 Å². The van der Waals surface area contributed by atoms with Gasteiger partial charge in [-0.25, -0.2) is 4.39 Å². The Hall–Kier alpha value is -3.02. The minimum absolute atomic E-state index is 0.123. The lowest BCUT2D eigenvalue weighted by atomic mass is 10.1. The topological polar surface area (TPSA) is 59.8 Å². The number of benzene rings is 1. The molecule has 6 heteroatoms. The Morgan fingerprint density at radius 1 is 1.25 bits per heavy atom. The van der Waals surface area contributed by atoms with Crippen LogP contribution < -0.4 is 5.32 Å². The van der Waals surface area contributed by atoms with Gasteiger partial charge in [-0.05, 0) is 29.3 Å². The van der Waals surface area contributed by atoms with Gasteiger partial charge in [0.05, 0.1) is 18.3 Å². The fourth-order valence-corrected chi connectivity index (χ4v) is 2.43. The molecule has 3 aromatic rings. The molecular weight excluding hydrogens is 307 g/mol. The van der Waals surface area contributed by atoms with Crippen LogP contribution in [0.1, 0.15) is 11.1 Å². The fourth-order valence-electron chi connectivity index (χ4n) is 2.43. The third-order valence-electron chi connectivity index (χ3n) is 3.62. The molecule has 24 heavy (non-hydrogen) atoms. The monoisotopic (exact) mass is 324 g/mol. The predicted molar refractivity (Wildman–Crippen MR) is 88.4 cm³/mol. The Bertz CT molecular complexity index is 842. The second-order valence-corrected chi connectivity index (χ2v) is 5.49. The van der Waals surface area contributed by atoms with E-state index < -0.39 is 0 Å². The number of aromatic nitrogens is 3. The van der Waals surface area contributed by atoms with E-state index in [2.05, 4.69) is 15.4 Å². The highest BCUT2D eigenvalue weighted by atomic mass is 19.1. The highest BCUT2D eigenvalue weighted by Gasteiger charge is 2.10.